The number of aromatic hydroxyl groups is 4. The summed E-state index contributed by atoms with van der Waals surface area (Å²) in [5.41, 5.74) is 0.260. The summed E-state index contributed by atoms with van der Waals surface area (Å²) >= 11 is 0. The fraction of sp³-hybridized carbons (Fsp3) is 0.286. The van der Waals surface area contributed by atoms with Crippen molar-refractivity contribution in [3.63, 3.8) is 0 Å². The molecule has 11 nitrogen and oxygen atoms in total. The SMILES string of the molecule is OC[C@H]1OC(Oc2cc3c(O)cc(O)cc3[o+]c2-c2ccc(O)c(O)c2)[C@H](O)[C@@H](O)[C@H]1O. The Kier molecular flexibility index (Phi) is 5.67. The molecule has 1 aliphatic rings. The van der Waals surface area contributed by atoms with Crippen LogP contribution in [0, 0.1) is 0 Å². The van der Waals surface area contributed by atoms with Crippen LogP contribution in [0.5, 0.6) is 28.7 Å². The molecule has 0 amide bonds. The number of phenols is 4. The van der Waals surface area contributed by atoms with Gasteiger partial charge < -0.3 is 50.3 Å². The van der Waals surface area contributed by atoms with Crippen LogP contribution in [0.2, 0.25) is 0 Å². The second-order valence-corrected chi connectivity index (χ2v) is 7.34. The standard InChI is InChI=1S/C21H20O11/c22-7-16-17(27)18(28)19(29)21(32-16)31-15-6-10-12(25)4-9(23)5-14(10)30-20(15)8-1-2-11(24)13(26)3-8/h1-6,16-19,21-22,27-29H,7H2,(H3-,23,24,25,26)/p+1/t16-,17+,18+,19-,21?/m1/s1. The van der Waals surface area contributed by atoms with E-state index in [0.717, 1.165) is 6.07 Å². The van der Waals surface area contributed by atoms with Crippen LogP contribution in [0.25, 0.3) is 22.3 Å². The van der Waals surface area contributed by atoms with Gasteiger partial charge in [0.25, 0.3) is 0 Å². The van der Waals surface area contributed by atoms with Gasteiger partial charge in [-0.05, 0) is 12.1 Å². The molecular weight excluding hydrogens is 428 g/mol. The third-order valence-corrected chi connectivity index (χ3v) is 5.15. The van der Waals surface area contributed by atoms with Crippen molar-refractivity contribution in [1.82, 2.24) is 0 Å². The van der Waals surface area contributed by atoms with Crippen LogP contribution in [0.1, 0.15) is 0 Å². The molecule has 11 heteroatoms. The Morgan fingerprint density at radius 3 is 2.28 bits per heavy atom. The van der Waals surface area contributed by atoms with E-state index >= 15 is 0 Å². The topological polar surface area (TPSA) is 192 Å². The van der Waals surface area contributed by atoms with Crippen molar-refractivity contribution in [2.24, 2.45) is 0 Å². The second kappa shape index (κ2) is 8.30. The monoisotopic (exact) mass is 449 g/mol. The zero-order chi connectivity index (χ0) is 23.2. The van der Waals surface area contributed by atoms with Gasteiger partial charge in [0.05, 0.1) is 18.2 Å². The van der Waals surface area contributed by atoms with Gasteiger partial charge >= 0.3 is 11.3 Å². The van der Waals surface area contributed by atoms with Crippen molar-refractivity contribution in [2.45, 2.75) is 30.7 Å². The Balaban J connectivity index is 1.84. The molecule has 0 saturated carbocycles. The van der Waals surface area contributed by atoms with Crippen molar-refractivity contribution in [1.29, 1.82) is 0 Å². The molecule has 1 unspecified atom stereocenters. The van der Waals surface area contributed by atoms with Crippen LogP contribution in [-0.4, -0.2) is 78.2 Å². The van der Waals surface area contributed by atoms with E-state index in [-0.39, 0.29) is 45.3 Å². The van der Waals surface area contributed by atoms with E-state index in [1.165, 1.54) is 30.3 Å². The maximum Gasteiger partial charge on any atom is 0.402 e. The van der Waals surface area contributed by atoms with Gasteiger partial charge in [-0.2, -0.15) is 0 Å². The molecule has 32 heavy (non-hydrogen) atoms. The highest BCUT2D eigenvalue weighted by Crippen LogP contribution is 2.42. The highest BCUT2D eigenvalue weighted by Gasteiger charge is 2.45. The summed E-state index contributed by atoms with van der Waals surface area (Å²) in [5.74, 6) is -1.64. The third-order valence-electron chi connectivity index (χ3n) is 5.15. The fourth-order valence-corrected chi connectivity index (χ4v) is 3.43. The van der Waals surface area contributed by atoms with Gasteiger partial charge in [0.2, 0.25) is 12.0 Å². The van der Waals surface area contributed by atoms with Crippen LogP contribution >= 0.6 is 0 Å². The minimum atomic E-state index is -1.71. The maximum atomic E-state index is 10.3. The molecule has 2 aromatic carbocycles. The lowest BCUT2D eigenvalue weighted by Crippen LogP contribution is -2.60. The van der Waals surface area contributed by atoms with Crippen molar-refractivity contribution in [2.75, 3.05) is 6.61 Å². The van der Waals surface area contributed by atoms with Crippen LogP contribution in [-0.2, 0) is 4.74 Å². The molecule has 0 spiro atoms. The molecule has 4 rings (SSSR count). The van der Waals surface area contributed by atoms with Crippen molar-refractivity contribution < 1.29 is 54.7 Å². The Morgan fingerprint density at radius 1 is 0.844 bits per heavy atom. The number of fused-ring (bicyclic) bond motifs is 1. The van der Waals surface area contributed by atoms with Crippen molar-refractivity contribution in [3.05, 3.63) is 36.4 Å². The summed E-state index contributed by atoms with van der Waals surface area (Å²) in [6.07, 6.45) is -7.76. The first kappa shape index (κ1) is 21.9. The number of benzene rings is 2. The molecule has 0 aliphatic carbocycles. The normalized spacial score (nSPS) is 25.7. The van der Waals surface area contributed by atoms with Gasteiger partial charge in [-0.25, -0.2) is 4.42 Å². The average molecular weight is 449 g/mol. The molecule has 0 radical (unpaired) electrons. The van der Waals surface area contributed by atoms with Gasteiger partial charge in [0.1, 0.15) is 41.3 Å². The number of hydrogen-bond donors (Lipinski definition) is 8. The third kappa shape index (κ3) is 3.83. The number of phenolic OH excluding ortho intramolecular Hbond substituents is 4. The molecule has 0 bridgehead atoms. The average Bonchev–Trinajstić information content (AvgIpc) is 2.76. The minimum absolute atomic E-state index is 0.0465. The highest BCUT2D eigenvalue weighted by atomic mass is 16.7. The van der Waals surface area contributed by atoms with Crippen LogP contribution in [0.15, 0.2) is 40.8 Å². The Labute approximate surface area is 180 Å². The molecule has 8 N–H and O–H groups in total. The summed E-state index contributed by atoms with van der Waals surface area (Å²) in [5, 5.41) is 79.2. The smallest absolute Gasteiger partial charge is 0.402 e. The van der Waals surface area contributed by atoms with E-state index < -0.39 is 43.1 Å². The molecule has 1 fully saturated rings. The number of ether oxygens (including phenoxy) is 2. The Morgan fingerprint density at radius 2 is 1.59 bits per heavy atom. The molecule has 5 atom stereocenters. The summed E-state index contributed by atoms with van der Waals surface area (Å²) in [6, 6.07) is 7.37. The van der Waals surface area contributed by atoms with E-state index in [1.54, 1.807) is 0 Å². The molecular formula is C21H21O11+. The first-order valence-corrected chi connectivity index (χ1v) is 9.52. The maximum absolute atomic E-state index is 10.3. The highest BCUT2D eigenvalue weighted by molar-refractivity contribution is 5.88. The Hall–Kier alpha value is -3.35. The molecule has 1 aromatic heterocycles. The second-order valence-electron chi connectivity index (χ2n) is 7.34. The number of aliphatic hydroxyl groups excluding tert-OH is 4. The number of hydrogen-bond acceptors (Lipinski definition) is 10. The quantitative estimate of drug-likeness (QED) is 0.203. The van der Waals surface area contributed by atoms with E-state index in [1.807, 2.05) is 0 Å². The zero-order valence-corrected chi connectivity index (χ0v) is 16.4. The van der Waals surface area contributed by atoms with E-state index in [2.05, 4.69) is 0 Å². The van der Waals surface area contributed by atoms with Crippen LogP contribution in [0.3, 0.4) is 0 Å². The van der Waals surface area contributed by atoms with E-state index in [9.17, 15) is 40.9 Å². The molecule has 2 heterocycles. The predicted molar refractivity (Wildman–Crippen MR) is 107 cm³/mol. The Bertz CT molecular complexity index is 1150. The lowest BCUT2D eigenvalue weighted by atomic mass is 9.99. The van der Waals surface area contributed by atoms with Gasteiger partial charge in [0.15, 0.2) is 11.5 Å². The van der Waals surface area contributed by atoms with E-state index in [0.29, 0.717) is 0 Å². The largest absolute Gasteiger partial charge is 0.507 e. The number of aliphatic hydroxyl groups is 4. The molecule has 170 valence electrons. The van der Waals surface area contributed by atoms with Gasteiger partial charge in [-0.1, -0.05) is 0 Å². The molecule has 3 aromatic rings. The first-order valence-electron chi connectivity index (χ1n) is 9.52. The van der Waals surface area contributed by atoms with Gasteiger partial charge in [-0.3, -0.25) is 0 Å². The summed E-state index contributed by atoms with van der Waals surface area (Å²) < 4.78 is 16.8. The summed E-state index contributed by atoms with van der Waals surface area (Å²) in [6.45, 7) is -0.661. The molecule has 1 saturated heterocycles. The van der Waals surface area contributed by atoms with Crippen LogP contribution < -0.4 is 4.74 Å². The first-order chi connectivity index (χ1) is 15.2. The lowest BCUT2D eigenvalue weighted by Gasteiger charge is -2.39. The van der Waals surface area contributed by atoms with E-state index in [4.69, 9.17) is 13.9 Å². The van der Waals surface area contributed by atoms with Gasteiger partial charge in [0, 0.05) is 18.2 Å². The van der Waals surface area contributed by atoms with Crippen LogP contribution in [0.4, 0.5) is 0 Å². The van der Waals surface area contributed by atoms with Gasteiger partial charge in [-0.15, -0.1) is 0 Å². The summed E-state index contributed by atoms with van der Waals surface area (Å²) in [4.78, 5) is 0. The molecule has 1 aliphatic heterocycles. The summed E-state index contributed by atoms with van der Waals surface area (Å²) in [7, 11) is 0. The number of rotatable bonds is 4. The zero-order valence-electron chi connectivity index (χ0n) is 16.4. The lowest BCUT2D eigenvalue weighted by molar-refractivity contribution is -0.277. The van der Waals surface area contributed by atoms with Crippen molar-refractivity contribution in [3.8, 4) is 40.1 Å². The minimum Gasteiger partial charge on any atom is -0.507 e. The van der Waals surface area contributed by atoms with Crippen molar-refractivity contribution >= 4 is 11.0 Å². The fourth-order valence-electron chi connectivity index (χ4n) is 3.43. The predicted octanol–water partition coefficient (Wildman–Crippen LogP) is 0.382.